The van der Waals surface area contributed by atoms with E-state index < -0.39 is 0 Å². The van der Waals surface area contributed by atoms with Crippen LogP contribution < -0.4 is 10.6 Å². The molecule has 1 aromatic rings. The lowest BCUT2D eigenvalue weighted by atomic mass is 10.1. The number of carbonyl (C=O) groups is 1. The number of carbonyl (C=O) groups excluding carboxylic acids is 1. The maximum Gasteiger partial charge on any atom is 0.243 e. The summed E-state index contributed by atoms with van der Waals surface area (Å²) in [6.07, 6.45) is 4.98. The van der Waals surface area contributed by atoms with Crippen LogP contribution in [0.3, 0.4) is 0 Å². The lowest BCUT2D eigenvalue weighted by molar-refractivity contribution is -0.127. The highest BCUT2D eigenvalue weighted by atomic mass is 127. The Kier molecular flexibility index (Phi) is 11.7. The largest absolute Gasteiger partial charge is 0.355 e. The average molecular weight is 557 g/mol. The zero-order chi connectivity index (χ0) is 22.1. The molecule has 7 nitrogen and oxygen atoms in total. The van der Waals surface area contributed by atoms with Gasteiger partial charge in [-0.1, -0.05) is 37.3 Å². The van der Waals surface area contributed by atoms with Crippen molar-refractivity contribution in [2.45, 2.75) is 44.7 Å². The first-order chi connectivity index (χ1) is 15.1. The molecule has 32 heavy (non-hydrogen) atoms. The Balaban J connectivity index is 0.00000363. The van der Waals surface area contributed by atoms with Gasteiger partial charge in [0, 0.05) is 33.2 Å². The Labute approximate surface area is 211 Å². The molecular formula is C24H41IN6O. The number of aliphatic imine (C=N–C) groups is 1. The first-order valence-electron chi connectivity index (χ1n) is 11.8. The van der Waals surface area contributed by atoms with Crippen LogP contribution in [-0.4, -0.2) is 92.5 Å². The Morgan fingerprint density at radius 2 is 1.84 bits per heavy atom. The summed E-state index contributed by atoms with van der Waals surface area (Å²) in [4.78, 5) is 23.4. The molecule has 2 saturated heterocycles. The van der Waals surface area contributed by atoms with Crippen molar-refractivity contribution in [3.63, 3.8) is 0 Å². The second-order valence-electron chi connectivity index (χ2n) is 8.81. The van der Waals surface area contributed by atoms with Crippen LogP contribution in [0.4, 0.5) is 0 Å². The summed E-state index contributed by atoms with van der Waals surface area (Å²) in [7, 11) is 3.55. The summed E-state index contributed by atoms with van der Waals surface area (Å²) < 4.78 is 0. The number of guanidine groups is 1. The van der Waals surface area contributed by atoms with Gasteiger partial charge in [0.25, 0.3) is 0 Å². The van der Waals surface area contributed by atoms with Gasteiger partial charge < -0.3 is 15.5 Å². The van der Waals surface area contributed by atoms with E-state index >= 15 is 0 Å². The van der Waals surface area contributed by atoms with Crippen LogP contribution in [0.5, 0.6) is 0 Å². The van der Waals surface area contributed by atoms with Gasteiger partial charge >= 0.3 is 0 Å². The van der Waals surface area contributed by atoms with Crippen molar-refractivity contribution in [1.29, 1.82) is 0 Å². The normalized spacial score (nSPS) is 20.6. The fraction of sp³-hybridized carbons (Fsp3) is 0.667. The second kappa shape index (κ2) is 14.0. The van der Waals surface area contributed by atoms with Crippen molar-refractivity contribution in [2.75, 3.05) is 59.9 Å². The van der Waals surface area contributed by atoms with Crippen molar-refractivity contribution in [2.24, 2.45) is 4.99 Å². The minimum atomic E-state index is 0. The molecule has 2 N–H and O–H groups in total. The SMILES string of the molecule is CCN1CCCC1CNC(=NCC(=O)N(C)C)NCC(c1ccccc1)N1CCCC1.I. The summed E-state index contributed by atoms with van der Waals surface area (Å²) >= 11 is 0. The molecule has 2 aliphatic rings. The average Bonchev–Trinajstić information content (AvgIpc) is 3.47. The maximum atomic E-state index is 12.1. The van der Waals surface area contributed by atoms with E-state index in [1.165, 1.54) is 37.8 Å². The number of nitrogens with one attached hydrogen (secondary N) is 2. The Morgan fingerprint density at radius 1 is 1.12 bits per heavy atom. The quantitative estimate of drug-likeness (QED) is 0.278. The van der Waals surface area contributed by atoms with Gasteiger partial charge in [-0.25, -0.2) is 4.99 Å². The summed E-state index contributed by atoms with van der Waals surface area (Å²) in [5, 5.41) is 7.08. The molecule has 0 aliphatic carbocycles. The molecular weight excluding hydrogens is 515 g/mol. The van der Waals surface area contributed by atoms with Gasteiger partial charge in [-0.05, 0) is 57.4 Å². The van der Waals surface area contributed by atoms with E-state index in [1.54, 1.807) is 19.0 Å². The van der Waals surface area contributed by atoms with E-state index in [9.17, 15) is 4.79 Å². The van der Waals surface area contributed by atoms with Crippen LogP contribution in [0.1, 0.15) is 44.2 Å². The molecule has 2 atom stereocenters. The number of rotatable bonds is 9. The third-order valence-corrected chi connectivity index (χ3v) is 6.51. The zero-order valence-electron chi connectivity index (χ0n) is 19.9. The van der Waals surface area contributed by atoms with E-state index in [0.29, 0.717) is 12.1 Å². The highest BCUT2D eigenvalue weighted by Gasteiger charge is 2.25. The summed E-state index contributed by atoms with van der Waals surface area (Å²) in [5.74, 6) is 0.745. The Bertz CT molecular complexity index is 708. The van der Waals surface area contributed by atoms with E-state index in [1.807, 2.05) is 0 Å². The van der Waals surface area contributed by atoms with E-state index in [2.05, 4.69) is 62.7 Å². The van der Waals surface area contributed by atoms with Crippen molar-refractivity contribution >= 4 is 35.8 Å². The predicted octanol–water partition coefficient (Wildman–Crippen LogP) is 2.55. The second-order valence-corrected chi connectivity index (χ2v) is 8.81. The number of hydrogen-bond acceptors (Lipinski definition) is 4. The van der Waals surface area contributed by atoms with Crippen LogP contribution in [0.15, 0.2) is 35.3 Å². The number of likely N-dealkylation sites (tertiary alicyclic amines) is 2. The first-order valence-corrected chi connectivity index (χ1v) is 11.8. The number of amides is 1. The summed E-state index contributed by atoms with van der Waals surface area (Å²) in [6.45, 7) is 8.53. The van der Waals surface area contributed by atoms with Crippen molar-refractivity contribution in [3.8, 4) is 0 Å². The zero-order valence-corrected chi connectivity index (χ0v) is 22.3. The smallest absolute Gasteiger partial charge is 0.243 e. The molecule has 0 bridgehead atoms. The van der Waals surface area contributed by atoms with Crippen LogP contribution in [0.2, 0.25) is 0 Å². The first kappa shape index (κ1) is 26.9. The topological polar surface area (TPSA) is 63.2 Å². The molecule has 8 heteroatoms. The van der Waals surface area contributed by atoms with Crippen molar-refractivity contribution < 1.29 is 4.79 Å². The fourth-order valence-electron chi connectivity index (χ4n) is 4.60. The maximum absolute atomic E-state index is 12.1. The molecule has 1 aromatic carbocycles. The van der Waals surface area contributed by atoms with E-state index in [-0.39, 0.29) is 36.4 Å². The van der Waals surface area contributed by atoms with E-state index in [4.69, 9.17) is 0 Å². The number of hydrogen-bond donors (Lipinski definition) is 2. The molecule has 2 unspecified atom stereocenters. The van der Waals surface area contributed by atoms with Crippen LogP contribution in [0, 0.1) is 0 Å². The summed E-state index contributed by atoms with van der Waals surface area (Å²) in [5.41, 5.74) is 1.33. The number of nitrogens with zero attached hydrogens (tertiary/aromatic N) is 4. The van der Waals surface area contributed by atoms with Gasteiger partial charge in [0.2, 0.25) is 5.91 Å². The molecule has 2 heterocycles. The molecule has 2 fully saturated rings. The monoisotopic (exact) mass is 556 g/mol. The molecule has 0 saturated carbocycles. The minimum Gasteiger partial charge on any atom is -0.355 e. The standard InChI is InChI=1S/C24H40N6O.HI/c1-4-29-16-10-13-21(29)17-25-24(27-19-23(31)28(2)3)26-18-22(30-14-8-9-15-30)20-11-6-5-7-12-20;/h5-7,11-12,21-22H,4,8-10,13-19H2,1-3H3,(H2,25,26,27);1H. The molecule has 0 spiro atoms. The Hall–Kier alpha value is -1.39. The number of benzene rings is 1. The highest BCUT2D eigenvalue weighted by Crippen LogP contribution is 2.24. The molecule has 2 aliphatic heterocycles. The lowest BCUT2D eigenvalue weighted by Crippen LogP contribution is -2.47. The number of halogens is 1. The molecule has 0 aromatic heterocycles. The van der Waals surface area contributed by atoms with E-state index in [0.717, 1.165) is 38.7 Å². The van der Waals surface area contributed by atoms with Crippen molar-refractivity contribution in [3.05, 3.63) is 35.9 Å². The Morgan fingerprint density at radius 3 is 2.50 bits per heavy atom. The van der Waals surface area contributed by atoms with Crippen LogP contribution in [0.25, 0.3) is 0 Å². The molecule has 0 radical (unpaired) electrons. The van der Waals surface area contributed by atoms with Gasteiger partial charge in [-0.15, -0.1) is 24.0 Å². The molecule has 1 amide bonds. The fourth-order valence-corrected chi connectivity index (χ4v) is 4.60. The van der Waals surface area contributed by atoms with Crippen LogP contribution >= 0.6 is 24.0 Å². The van der Waals surface area contributed by atoms with Crippen molar-refractivity contribution in [1.82, 2.24) is 25.3 Å². The minimum absolute atomic E-state index is 0. The van der Waals surface area contributed by atoms with Gasteiger partial charge in [0.05, 0.1) is 6.04 Å². The highest BCUT2D eigenvalue weighted by molar-refractivity contribution is 14.0. The van der Waals surface area contributed by atoms with Gasteiger partial charge in [0.15, 0.2) is 5.96 Å². The van der Waals surface area contributed by atoms with Gasteiger partial charge in [-0.3, -0.25) is 14.6 Å². The third-order valence-electron chi connectivity index (χ3n) is 6.51. The van der Waals surface area contributed by atoms with Crippen LogP contribution in [-0.2, 0) is 4.79 Å². The molecule has 180 valence electrons. The number of likely N-dealkylation sites (N-methyl/N-ethyl adjacent to an activating group) is 2. The lowest BCUT2D eigenvalue weighted by Gasteiger charge is -2.29. The summed E-state index contributed by atoms with van der Waals surface area (Å²) in [6, 6.07) is 11.6. The molecule has 3 rings (SSSR count). The predicted molar refractivity (Wildman–Crippen MR) is 143 cm³/mol. The van der Waals surface area contributed by atoms with Gasteiger partial charge in [0.1, 0.15) is 6.54 Å². The van der Waals surface area contributed by atoms with Gasteiger partial charge in [-0.2, -0.15) is 0 Å². The third kappa shape index (κ3) is 7.88.